The van der Waals surface area contributed by atoms with Crippen LogP contribution in [0.3, 0.4) is 0 Å². The average molecular weight is 422 g/mol. The van der Waals surface area contributed by atoms with E-state index < -0.39 is 0 Å². The first kappa shape index (κ1) is 19.3. The van der Waals surface area contributed by atoms with Crippen molar-refractivity contribution < 1.29 is 9.59 Å². The van der Waals surface area contributed by atoms with Crippen molar-refractivity contribution in [3.63, 3.8) is 0 Å². The second-order valence-electron chi connectivity index (χ2n) is 6.44. The van der Waals surface area contributed by atoms with E-state index in [0.29, 0.717) is 11.1 Å². The summed E-state index contributed by atoms with van der Waals surface area (Å²) in [7, 11) is 1.89. The summed E-state index contributed by atoms with van der Waals surface area (Å²) in [6, 6.07) is 19.1. The molecule has 4 rings (SSSR count). The lowest BCUT2D eigenvalue weighted by atomic mass is 10.2. The van der Waals surface area contributed by atoms with E-state index in [1.807, 2.05) is 65.5 Å². The van der Waals surface area contributed by atoms with E-state index in [4.69, 9.17) is 0 Å². The Labute approximate surface area is 176 Å². The second kappa shape index (κ2) is 8.55. The van der Waals surface area contributed by atoms with Crippen LogP contribution >= 0.6 is 23.1 Å². The molecule has 0 radical (unpaired) electrons. The molecule has 0 aliphatic carbocycles. The molecule has 2 aromatic heterocycles. The van der Waals surface area contributed by atoms with E-state index in [-0.39, 0.29) is 11.8 Å². The quantitative estimate of drug-likeness (QED) is 0.365. The van der Waals surface area contributed by atoms with E-state index >= 15 is 0 Å². The molecule has 0 atom stereocenters. The number of aryl methyl sites for hydroxylation is 1. The van der Waals surface area contributed by atoms with Crippen molar-refractivity contribution >= 4 is 45.8 Å². The predicted molar refractivity (Wildman–Crippen MR) is 118 cm³/mol. The van der Waals surface area contributed by atoms with Gasteiger partial charge in [-0.1, -0.05) is 36.4 Å². The Bertz CT molecular complexity index is 1170. The van der Waals surface area contributed by atoms with Gasteiger partial charge in [-0.25, -0.2) is 0 Å². The normalized spacial score (nSPS) is 10.8. The minimum atomic E-state index is -0.348. The average Bonchev–Trinajstić information content (AvgIpc) is 3.39. The fraction of sp³-hybridized carbons (Fsp3) is 0.0909. The maximum absolute atomic E-state index is 12.7. The van der Waals surface area contributed by atoms with Gasteiger partial charge in [-0.2, -0.15) is 0 Å². The van der Waals surface area contributed by atoms with Crippen LogP contribution in [0, 0.1) is 0 Å². The van der Waals surface area contributed by atoms with Crippen LogP contribution in [0.2, 0.25) is 0 Å². The molecule has 0 spiro atoms. The number of aromatic nitrogens is 1. The summed E-state index contributed by atoms with van der Waals surface area (Å²) in [6.07, 6.45) is 1.76. The van der Waals surface area contributed by atoms with Crippen molar-refractivity contribution in [2.24, 2.45) is 7.05 Å². The molecule has 5 nitrogen and oxygen atoms in total. The summed E-state index contributed by atoms with van der Waals surface area (Å²) < 4.78 is 1.89. The van der Waals surface area contributed by atoms with Crippen molar-refractivity contribution in [3.8, 4) is 0 Å². The molecule has 2 N–H and O–H groups in total. The minimum absolute atomic E-state index is 0.340. The number of benzene rings is 2. The number of amides is 2. The second-order valence-corrected chi connectivity index (χ2v) is 8.49. The number of thiophene rings is 1. The lowest BCUT2D eigenvalue weighted by Gasteiger charge is -2.10. The molecule has 146 valence electrons. The smallest absolute Gasteiger partial charge is 0.271 e. The number of hydrogen-bond acceptors (Lipinski definition) is 4. The Morgan fingerprint density at radius 2 is 1.66 bits per heavy atom. The number of nitrogens with zero attached hydrogens (tertiary/aromatic N) is 1. The van der Waals surface area contributed by atoms with Crippen LogP contribution in [0.1, 0.15) is 25.6 Å². The summed E-state index contributed by atoms with van der Waals surface area (Å²) in [5, 5.41) is 2.88. The van der Waals surface area contributed by atoms with Gasteiger partial charge in [0.05, 0.1) is 11.1 Å². The summed E-state index contributed by atoms with van der Waals surface area (Å²) in [5.41, 5.74) is 7.10. The molecular formula is C22H19N3O2S2. The molecule has 7 heteroatoms. The highest BCUT2D eigenvalue weighted by Gasteiger charge is 2.16. The number of hydrogen-bond donors (Lipinski definition) is 2. The van der Waals surface area contributed by atoms with Crippen LogP contribution in [0.4, 0.5) is 0 Å². The van der Waals surface area contributed by atoms with Gasteiger partial charge in [-0.3, -0.25) is 20.4 Å². The van der Waals surface area contributed by atoms with E-state index in [2.05, 4.69) is 16.9 Å². The maximum Gasteiger partial charge on any atom is 0.271 e. The molecule has 4 aromatic rings. The molecule has 29 heavy (non-hydrogen) atoms. The molecule has 0 aliphatic heterocycles. The van der Waals surface area contributed by atoms with Crippen LogP contribution in [-0.4, -0.2) is 16.4 Å². The van der Waals surface area contributed by atoms with Crippen molar-refractivity contribution in [1.29, 1.82) is 0 Å². The lowest BCUT2D eigenvalue weighted by molar-refractivity contribution is 0.0846. The molecule has 0 saturated carbocycles. The third kappa shape index (κ3) is 4.21. The number of carbonyl (C=O) groups excluding carboxylic acids is 2. The molecule has 2 heterocycles. The van der Waals surface area contributed by atoms with E-state index in [0.717, 1.165) is 21.6 Å². The van der Waals surface area contributed by atoms with Gasteiger partial charge < -0.3 is 4.57 Å². The van der Waals surface area contributed by atoms with Crippen LogP contribution in [0.5, 0.6) is 0 Å². The summed E-state index contributed by atoms with van der Waals surface area (Å²) in [5.74, 6) is 0.108. The molecule has 2 aromatic carbocycles. The Morgan fingerprint density at radius 1 is 0.931 bits per heavy atom. The van der Waals surface area contributed by atoms with E-state index in [1.54, 1.807) is 35.4 Å². The zero-order valence-corrected chi connectivity index (χ0v) is 17.3. The summed E-state index contributed by atoms with van der Waals surface area (Å²) in [6.45, 7) is 0. The molecule has 0 bridgehead atoms. The largest absolute Gasteiger partial charge is 0.350 e. The number of fused-ring (bicyclic) bond motifs is 1. The zero-order valence-electron chi connectivity index (χ0n) is 15.7. The van der Waals surface area contributed by atoms with Crippen molar-refractivity contribution in [2.75, 3.05) is 0 Å². The maximum atomic E-state index is 12.7. The summed E-state index contributed by atoms with van der Waals surface area (Å²) >= 11 is 3.29. The number of hydrazine groups is 1. The van der Waals surface area contributed by atoms with Crippen molar-refractivity contribution in [3.05, 3.63) is 88.2 Å². The lowest BCUT2D eigenvalue weighted by Crippen LogP contribution is -2.41. The number of rotatable bonds is 5. The predicted octanol–water partition coefficient (Wildman–Crippen LogP) is 4.61. The molecule has 0 fully saturated rings. The Kier molecular flexibility index (Phi) is 5.69. The van der Waals surface area contributed by atoms with Crippen LogP contribution < -0.4 is 10.9 Å². The fourth-order valence-electron chi connectivity index (χ4n) is 3.09. The Morgan fingerprint density at radius 3 is 2.45 bits per heavy atom. The minimum Gasteiger partial charge on any atom is -0.350 e. The number of nitrogens with one attached hydrogen (secondary N) is 2. The molecule has 2 amide bonds. The van der Waals surface area contributed by atoms with Gasteiger partial charge in [-0.15, -0.1) is 23.1 Å². The van der Waals surface area contributed by atoms with Crippen LogP contribution in [0.25, 0.3) is 10.9 Å². The van der Waals surface area contributed by atoms with Gasteiger partial charge in [0.1, 0.15) is 0 Å². The summed E-state index contributed by atoms with van der Waals surface area (Å²) in [4.78, 5) is 27.4. The van der Waals surface area contributed by atoms with Gasteiger partial charge in [0.2, 0.25) is 0 Å². The monoisotopic (exact) mass is 421 g/mol. The Hall–Kier alpha value is -3.03. The first-order valence-corrected chi connectivity index (χ1v) is 10.9. The topological polar surface area (TPSA) is 63.1 Å². The highest BCUT2D eigenvalue weighted by Crippen LogP contribution is 2.28. The van der Waals surface area contributed by atoms with Gasteiger partial charge >= 0.3 is 0 Å². The molecule has 0 aliphatic rings. The first-order valence-electron chi connectivity index (χ1n) is 9.02. The van der Waals surface area contributed by atoms with E-state index in [9.17, 15) is 9.59 Å². The van der Waals surface area contributed by atoms with Crippen molar-refractivity contribution in [1.82, 2.24) is 15.4 Å². The number of carbonyl (C=O) groups is 2. The van der Waals surface area contributed by atoms with Gasteiger partial charge in [0.25, 0.3) is 11.8 Å². The Balaban J connectivity index is 1.45. The number of thioether (sulfide) groups is 1. The number of para-hydroxylation sites is 1. The molecular weight excluding hydrogens is 402 g/mol. The highest BCUT2D eigenvalue weighted by atomic mass is 32.2. The standard InChI is InChI=1S/C22H19N3O2S2/c1-25-13-18(16-8-2-4-10-19(16)25)22(27)24-23-21(26)17-9-3-5-11-20(17)29-14-15-7-6-12-28-15/h2-13H,14H2,1H3,(H,23,26)(H,24,27). The third-order valence-electron chi connectivity index (χ3n) is 4.51. The van der Waals surface area contributed by atoms with Crippen LogP contribution in [-0.2, 0) is 12.8 Å². The molecule has 0 saturated heterocycles. The first-order chi connectivity index (χ1) is 14.1. The van der Waals surface area contributed by atoms with Crippen molar-refractivity contribution in [2.45, 2.75) is 10.6 Å². The molecule has 0 unspecified atom stereocenters. The van der Waals surface area contributed by atoms with Gasteiger partial charge in [-0.05, 0) is 29.6 Å². The van der Waals surface area contributed by atoms with Crippen LogP contribution in [0.15, 0.2) is 77.1 Å². The van der Waals surface area contributed by atoms with E-state index in [1.165, 1.54) is 4.88 Å². The SMILES string of the molecule is Cn1cc(C(=O)NNC(=O)c2ccccc2SCc2cccs2)c2ccccc21. The highest BCUT2D eigenvalue weighted by molar-refractivity contribution is 7.98. The van der Waals surface area contributed by atoms with Gasteiger partial charge in [0.15, 0.2) is 0 Å². The van der Waals surface area contributed by atoms with Gasteiger partial charge in [0, 0.05) is 39.7 Å². The fourth-order valence-corrected chi connectivity index (χ4v) is 4.92. The third-order valence-corrected chi connectivity index (χ3v) is 6.69. The zero-order chi connectivity index (χ0) is 20.2.